The molecule has 0 bridgehead atoms. The Bertz CT molecular complexity index is 598. The van der Waals surface area contributed by atoms with Crippen LogP contribution in [0.25, 0.3) is 0 Å². The first kappa shape index (κ1) is 21.2. The molecule has 147 valence electrons. The summed E-state index contributed by atoms with van der Waals surface area (Å²) in [5.41, 5.74) is 0.871. The van der Waals surface area contributed by atoms with Gasteiger partial charge in [0.05, 0.1) is 6.04 Å². The molecule has 1 N–H and O–H groups in total. The summed E-state index contributed by atoms with van der Waals surface area (Å²) in [6, 6.07) is 10.2. The summed E-state index contributed by atoms with van der Waals surface area (Å²) in [6.07, 6.45) is 4.08. The Balaban J connectivity index is 1.91. The lowest BCUT2D eigenvalue weighted by Gasteiger charge is -2.52. The van der Waals surface area contributed by atoms with Gasteiger partial charge in [-0.3, -0.25) is 4.79 Å². The standard InChI is InChI=1S/C22H37NO2Si/c1-17(18-11-9-8-10-12-18)23-20(24)22(5)15-13-19(14-16-22)25-26(6,7)21(2,3)4/h8-12,17,19H,13-16H2,1-7H3,(H,23,24)/q-1. The van der Waals surface area contributed by atoms with Gasteiger partial charge in [0.1, 0.15) is 0 Å². The molecule has 0 aromatic heterocycles. The van der Waals surface area contributed by atoms with Crippen molar-refractivity contribution in [3.8, 4) is 0 Å². The van der Waals surface area contributed by atoms with Crippen LogP contribution in [-0.2, 0) is 9.22 Å². The minimum atomic E-state index is -1.74. The Labute approximate surface area is 161 Å². The van der Waals surface area contributed by atoms with Gasteiger partial charge in [-0.05, 0) is 46.5 Å². The van der Waals surface area contributed by atoms with Crippen LogP contribution in [0.1, 0.15) is 71.9 Å². The van der Waals surface area contributed by atoms with Crippen molar-refractivity contribution in [1.82, 2.24) is 5.32 Å². The van der Waals surface area contributed by atoms with Crippen molar-refractivity contribution in [3.63, 3.8) is 0 Å². The van der Waals surface area contributed by atoms with E-state index in [0.717, 1.165) is 31.2 Å². The van der Waals surface area contributed by atoms with Gasteiger partial charge in [0, 0.05) is 11.5 Å². The Morgan fingerprint density at radius 3 is 2.23 bits per heavy atom. The van der Waals surface area contributed by atoms with Crippen molar-refractivity contribution in [2.75, 3.05) is 0 Å². The van der Waals surface area contributed by atoms with Crippen molar-refractivity contribution in [2.45, 2.75) is 90.6 Å². The minimum absolute atomic E-state index is 0.0433. The van der Waals surface area contributed by atoms with E-state index in [2.05, 4.69) is 65.2 Å². The second kappa shape index (κ2) is 7.85. The van der Waals surface area contributed by atoms with Crippen molar-refractivity contribution < 1.29 is 9.22 Å². The molecule has 4 heteroatoms. The summed E-state index contributed by atoms with van der Waals surface area (Å²) < 4.78 is 6.57. The van der Waals surface area contributed by atoms with E-state index in [9.17, 15) is 4.79 Å². The number of benzene rings is 1. The summed E-state index contributed by atoms with van der Waals surface area (Å²) in [5.74, 6) is 0.180. The molecule has 0 aliphatic heterocycles. The minimum Gasteiger partial charge on any atom is -0.562 e. The maximum atomic E-state index is 12.9. The van der Waals surface area contributed by atoms with Crippen LogP contribution in [-0.4, -0.2) is 20.3 Å². The average molecular weight is 376 g/mol. The fourth-order valence-corrected chi connectivity index (χ4v) is 4.79. The molecule has 2 rings (SSSR count). The van der Waals surface area contributed by atoms with Crippen LogP contribution in [0, 0.1) is 5.41 Å². The highest BCUT2D eigenvalue weighted by atomic mass is 28.4. The van der Waals surface area contributed by atoms with E-state index in [0.29, 0.717) is 6.10 Å². The lowest BCUT2D eigenvalue weighted by atomic mass is 9.74. The summed E-state index contributed by atoms with van der Waals surface area (Å²) in [5, 5.41) is 3.46. The molecule has 1 aliphatic carbocycles. The van der Waals surface area contributed by atoms with Crippen LogP contribution in [0.4, 0.5) is 0 Å². The zero-order valence-corrected chi connectivity index (χ0v) is 18.7. The Morgan fingerprint density at radius 2 is 1.73 bits per heavy atom. The number of amides is 1. The van der Waals surface area contributed by atoms with E-state index in [1.165, 1.54) is 0 Å². The Hall–Kier alpha value is -1.13. The van der Waals surface area contributed by atoms with E-state index in [1.54, 1.807) is 0 Å². The highest BCUT2D eigenvalue weighted by Crippen LogP contribution is 2.42. The summed E-state index contributed by atoms with van der Waals surface area (Å²) in [7, 11) is -1.74. The van der Waals surface area contributed by atoms with E-state index < -0.39 is 8.32 Å². The Morgan fingerprint density at radius 1 is 1.19 bits per heavy atom. The van der Waals surface area contributed by atoms with Gasteiger partial charge >= 0.3 is 0 Å². The van der Waals surface area contributed by atoms with E-state index in [4.69, 9.17) is 4.43 Å². The number of nitrogens with one attached hydrogen (secondary N) is 1. The normalized spacial score (nSPS) is 25.6. The molecule has 1 fully saturated rings. The topological polar surface area (TPSA) is 38.3 Å². The van der Waals surface area contributed by atoms with Crippen LogP contribution in [0.3, 0.4) is 0 Å². The van der Waals surface area contributed by atoms with Crippen molar-refractivity contribution in [1.29, 1.82) is 0 Å². The fraction of sp³-hybridized carbons (Fsp3) is 0.682. The van der Waals surface area contributed by atoms with Gasteiger partial charge in [0.2, 0.25) is 5.91 Å². The van der Waals surface area contributed by atoms with E-state index in [1.807, 2.05) is 18.2 Å². The zero-order valence-electron chi connectivity index (χ0n) is 17.7. The van der Waals surface area contributed by atoms with Crippen molar-refractivity contribution in [2.24, 2.45) is 5.41 Å². The van der Waals surface area contributed by atoms with Gasteiger partial charge in [-0.15, -0.1) is 18.1 Å². The van der Waals surface area contributed by atoms with Gasteiger partial charge in [-0.1, -0.05) is 58.0 Å². The fourth-order valence-electron chi connectivity index (χ4n) is 3.36. The first-order valence-corrected chi connectivity index (χ1v) is 12.9. The highest BCUT2D eigenvalue weighted by molar-refractivity contribution is 6.74. The lowest BCUT2D eigenvalue weighted by molar-refractivity contribution is -0.133. The first-order chi connectivity index (χ1) is 11.9. The number of rotatable bonds is 5. The molecule has 1 aliphatic rings. The molecule has 0 saturated heterocycles. The molecule has 0 spiro atoms. The second-order valence-corrected chi connectivity index (χ2v) is 14.5. The van der Waals surface area contributed by atoms with Crippen LogP contribution in [0.15, 0.2) is 30.3 Å². The molecule has 0 heterocycles. The van der Waals surface area contributed by atoms with Gasteiger partial charge in [-0.25, -0.2) is 0 Å². The number of hydrogen-bond donors (Lipinski definition) is 1. The van der Waals surface area contributed by atoms with E-state index in [-0.39, 0.29) is 22.4 Å². The maximum Gasteiger partial charge on any atom is 0.226 e. The van der Waals surface area contributed by atoms with Crippen LogP contribution < -0.4 is 5.32 Å². The lowest BCUT2D eigenvalue weighted by Crippen LogP contribution is -2.47. The SMILES string of the molecule is CC(NC(=O)C1(C)CCC(O[Si-](C)(C)C(C)(C)C)CC1)c1ccccc1. The number of hydrogen-bond acceptors (Lipinski definition) is 2. The molecular formula is C22H37NO2Si-. The third kappa shape index (κ3) is 4.98. The summed E-state index contributed by atoms with van der Waals surface area (Å²) in [6.45, 7) is 15.6. The molecular weight excluding hydrogens is 338 g/mol. The highest BCUT2D eigenvalue weighted by Gasteiger charge is 2.39. The Kier molecular flexibility index (Phi) is 6.39. The number of carbonyl (C=O) groups is 1. The third-order valence-corrected chi connectivity index (χ3v) is 11.0. The predicted molar refractivity (Wildman–Crippen MR) is 112 cm³/mol. The zero-order chi connectivity index (χ0) is 19.6. The molecule has 26 heavy (non-hydrogen) atoms. The van der Waals surface area contributed by atoms with Gasteiger partial charge in [0.25, 0.3) is 0 Å². The van der Waals surface area contributed by atoms with Crippen molar-refractivity contribution >= 4 is 14.2 Å². The van der Waals surface area contributed by atoms with Crippen LogP contribution in [0.5, 0.6) is 0 Å². The molecule has 1 unspecified atom stereocenters. The quantitative estimate of drug-likeness (QED) is 0.657. The molecule has 3 nitrogen and oxygen atoms in total. The van der Waals surface area contributed by atoms with Gasteiger partial charge in [0.15, 0.2) is 0 Å². The molecule has 1 amide bonds. The third-order valence-electron chi connectivity index (χ3n) is 6.50. The van der Waals surface area contributed by atoms with Crippen LogP contribution in [0.2, 0.25) is 18.1 Å². The first-order valence-electron chi connectivity index (χ1n) is 9.98. The van der Waals surface area contributed by atoms with Gasteiger partial charge in [-0.2, -0.15) is 0 Å². The smallest absolute Gasteiger partial charge is 0.226 e. The van der Waals surface area contributed by atoms with Crippen LogP contribution >= 0.6 is 0 Å². The summed E-state index contributed by atoms with van der Waals surface area (Å²) >= 11 is 0. The van der Waals surface area contributed by atoms with Crippen molar-refractivity contribution in [3.05, 3.63) is 35.9 Å². The second-order valence-electron chi connectivity index (χ2n) is 9.74. The predicted octanol–water partition coefficient (Wildman–Crippen LogP) is 5.83. The maximum absolute atomic E-state index is 12.9. The molecule has 1 saturated carbocycles. The van der Waals surface area contributed by atoms with E-state index >= 15 is 0 Å². The largest absolute Gasteiger partial charge is 0.562 e. The van der Waals surface area contributed by atoms with Gasteiger partial charge < -0.3 is 9.74 Å². The number of carbonyl (C=O) groups excluding carboxylic acids is 1. The molecule has 1 aromatic carbocycles. The monoisotopic (exact) mass is 375 g/mol. The molecule has 0 radical (unpaired) electrons. The summed E-state index contributed by atoms with van der Waals surface area (Å²) in [4.78, 5) is 12.9. The molecule has 1 atom stereocenters. The average Bonchev–Trinajstić information content (AvgIpc) is 2.56. The molecule has 1 aromatic rings.